The van der Waals surface area contributed by atoms with Crippen LogP contribution in [0.1, 0.15) is 5.56 Å². The molecular weight excluding hydrogens is 326 g/mol. The number of nitrogen functional groups attached to an aromatic ring is 1. The number of benzene rings is 3. The number of nitrogens with zero attached hydrogens (tertiary/aromatic N) is 2. The van der Waals surface area contributed by atoms with E-state index in [1.54, 1.807) is 18.2 Å². The van der Waals surface area contributed by atoms with Crippen molar-refractivity contribution in [3.8, 4) is 0 Å². The van der Waals surface area contributed by atoms with Gasteiger partial charge < -0.3 is 5.73 Å². The highest BCUT2D eigenvalue weighted by molar-refractivity contribution is 7.85. The zero-order chi connectivity index (χ0) is 17.3. The van der Waals surface area contributed by atoms with Gasteiger partial charge in [0.2, 0.25) is 0 Å². The lowest BCUT2D eigenvalue weighted by atomic mass is 10.1. The maximum absolute atomic E-state index is 11.3. The zero-order valence-corrected chi connectivity index (χ0v) is 13.7. The van der Waals surface area contributed by atoms with E-state index in [1.165, 1.54) is 12.1 Å². The molecule has 0 aliphatic rings. The number of aryl methyl sites for hydroxylation is 1. The van der Waals surface area contributed by atoms with Gasteiger partial charge in [-0.2, -0.15) is 13.5 Å². The fraction of sp³-hybridized carbons (Fsp3) is 0.0588. The van der Waals surface area contributed by atoms with E-state index in [0.29, 0.717) is 27.8 Å². The lowest BCUT2D eigenvalue weighted by molar-refractivity contribution is 0.483. The first-order valence-electron chi connectivity index (χ1n) is 7.13. The second kappa shape index (κ2) is 6.03. The first-order chi connectivity index (χ1) is 11.3. The number of anilines is 1. The average Bonchev–Trinajstić information content (AvgIpc) is 2.54. The summed E-state index contributed by atoms with van der Waals surface area (Å²) in [5.74, 6) is 0. The Labute approximate surface area is 139 Å². The van der Waals surface area contributed by atoms with E-state index >= 15 is 0 Å². The fourth-order valence-electron chi connectivity index (χ4n) is 2.30. The van der Waals surface area contributed by atoms with Gasteiger partial charge >= 0.3 is 0 Å². The van der Waals surface area contributed by atoms with Crippen LogP contribution in [0.3, 0.4) is 0 Å². The summed E-state index contributed by atoms with van der Waals surface area (Å²) in [6.45, 7) is 1.98. The van der Waals surface area contributed by atoms with Gasteiger partial charge in [0.1, 0.15) is 5.69 Å². The molecule has 0 aliphatic carbocycles. The quantitative estimate of drug-likeness (QED) is 0.418. The molecule has 0 radical (unpaired) electrons. The van der Waals surface area contributed by atoms with E-state index in [9.17, 15) is 8.42 Å². The Morgan fingerprint density at radius 2 is 1.67 bits per heavy atom. The SMILES string of the molecule is Cc1ccc(N=Nc2c(N)ccc3cc(S(=O)(=O)O)ccc23)cc1. The third-order valence-corrected chi connectivity index (χ3v) is 4.44. The molecule has 122 valence electrons. The first kappa shape index (κ1) is 16.1. The molecule has 0 atom stereocenters. The van der Waals surface area contributed by atoms with Crippen LogP contribution in [0.15, 0.2) is 69.7 Å². The maximum atomic E-state index is 11.3. The number of hydrogen-bond donors (Lipinski definition) is 2. The molecule has 0 aromatic heterocycles. The molecule has 3 aromatic carbocycles. The second-order valence-electron chi connectivity index (χ2n) is 5.40. The lowest BCUT2D eigenvalue weighted by Crippen LogP contribution is -1.97. The van der Waals surface area contributed by atoms with Gasteiger partial charge in [0.15, 0.2) is 0 Å². The minimum absolute atomic E-state index is 0.179. The Morgan fingerprint density at radius 1 is 0.958 bits per heavy atom. The minimum Gasteiger partial charge on any atom is -0.397 e. The van der Waals surface area contributed by atoms with Crippen LogP contribution in [0, 0.1) is 6.92 Å². The molecule has 24 heavy (non-hydrogen) atoms. The summed E-state index contributed by atoms with van der Waals surface area (Å²) in [5.41, 5.74) is 8.67. The molecule has 3 rings (SSSR count). The molecule has 3 aromatic rings. The Hall–Kier alpha value is -2.77. The van der Waals surface area contributed by atoms with Gasteiger partial charge in [-0.05, 0) is 42.6 Å². The molecule has 0 heterocycles. The minimum atomic E-state index is -4.26. The van der Waals surface area contributed by atoms with Gasteiger partial charge in [0.05, 0.1) is 16.3 Å². The number of rotatable bonds is 3. The predicted octanol–water partition coefficient (Wildman–Crippen LogP) is 4.39. The monoisotopic (exact) mass is 341 g/mol. The molecule has 7 heteroatoms. The van der Waals surface area contributed by atoms with E-state index in [1.807, 2.05) is 31.2 Å². The Balaban J connectivity index is 2.10. The van der Waals surface area contributed by atoms with Crippen molar-refractivity contribution in [1.29, 1.82) is 0 Å². The second-order valence-corrected chi connectivity index (χ2v) is 6.82. The number of azo groups is 1. The topological polar surface area (TPSA) is 105 Å². The lowest BCUT2D eigenvalue weighted by Gasteiger charge is -2.06. The van der Waals surface area contributed by atoms with Gasteiger partial charge in [0, 0.05) is 5.39 Å². The van der Waals surface area contributed by atoms with E-state index in [-0.39, 0.29) is 4.90 Å². The van der Waals surface area contributed by atoms with Crippen molar-refractivity contribution in [2.45, 2.75) is 11.8 Å². The highest BCUT2D eigenvalue weighted by Gasteiger charge is 2.12. The van der Waals surface area contributed by atoms with Crippen LogP contribution < -0.4 is 5.73 Å². The normalized spacial score (nSPS) is 12.1. The average molecular weight is 341 g/mol. The van der Waals surface area contributed by atoms with Crippen molar-refractivity contribution in [1.82, 2.24) is 0 Å². The van der Waals surface area contributed by atoms with Crippen molar-refractivity contribution in [3.05, 3.63) is 60.2 Å². The molecule has 0 saturated carbocycles. The summed E-state index contributed by atoms with van der Waals surface area (Å²) < 4.78 is 31.7. The zero-order valence-electron chi connectivity index (χ0n) is 12.8. The number of fused-ring (bicyclic) bond motifs is 1. The predicted molar refractivity (Wildman–Crippen MR) is 93.5 cm³/mol. The highest BCUT2D eigenvalue weighted by atomic mass is 32.2. The molecule has 3 N–H and O–H groups in total. The number of nitrogens with two attached hydrogens (primary N) is 1. The smallest absolute Gasteiger partial charge is 0.294 e. The molecular formula is C17H15N3O3S. The molecule has 6 nitrogen and oxygen atoms in total. The van der Waals surface area contributed by atoms with Gasteiger partial charge in [-0.25, -0.2) is 0 Å². The largest absolute Gasteiger partial charge is 0.397 e. The van der Waals surface area contributed by atoms with E-state index in [2.05, 4.69) is 10.2 Å². The van der Waals surface area contributed by atoms with Crippen LogP contribution in [0.2, 0.25) is 0 Å². The molecule has 0 unspecified atom stereocenters. The van der Waals surface area contributed by atoms with E-state index < -0.39 is 10.1 Å². The summed E-state index contributed by atoms with van der Waals surface area (Å²) in [4.78, 5) is -0.179. The van der Waals surface area contributed by atoms with Crippen LogP contribution in [-0.4, -0.2) is 13.0 Å². The third-order valence-electron chi connectivity index (χ3n) is 3.59. The van der Waals surface area contributed by atoms with Crippen LogP contribution in [0.25, 0.3) is 10.8 Å². The highest BCUT2D eigenvalue weighted by Crippen LogP contribution is 2.34. The van der Waals surface area contributed by atoms with Gasteiger partial charge in [0.25, 0.3) is 10.1 Å². The molecule has 0 spiro atoms. The van der Waals surface area contributed by atoms with Crippen LogP contribution in [-0.2, 0) is 10.1 Å². The van der Waals surface area contributed by atoms with Crippen LogP contribution in [0.5, 0.6) is 0 Å². The van der Waals surface area contributed by atoms with E-state index in [0.717, 1.165) is 5.56 Å². The molecule has 0 bridgehead atoms. The fourth-order valence-corrected chi connectivity index (χ4v) is 2.82. The van der Waals surface area contributed by atoms with Gasteiger partial charge in [-0.15, -0.1) is 5.11 Å². The van der Waals surface area contributed by atoms with Crippen molar-refractivity contribution in [2.24, 2.45) is 10.2 Å². The Kier molecular flexibility index (Phi) is 4.04. The van der Waals surface area contributed by atoms with Crippen molar-refractivity contribution in [3.63, 3.8) is 0 Å². The Bertz CT molecular complexity index is 1040. The van der Waals surface area contributed by atoms with Gasteiger partial charge in [-0.3, -0.25) is 4.55 Å². The standard InChI is InChI=1S/C17H15N3O3S/c1-11-2-5-13(6-3-11)19-20-17-15-8-7-14(24(21,22)23)10-12(15)4-9-16(17)18/h2-10H,18H2,1H3,(H,21,22,23). The van der Waals surface area contributed by atoms with Crippen LogP contribution >= 0.6 is 0 Å². The maximum Gasteiger partial charge on any atom is 0.294 e. The summed E-state index contributed by atoms with van der Waals surface area (Å²) in [7, 11) is -4.26. The first-order valence-corrected chi connectivity index (χ1v) is 8.57. The summed E-state index contributed by atoms with van der Waals surface area (Å²) in [6.07, 6.45) is 0. The van der Waals surface area contributed by atoms with Crippen molar-refractivity contribution in [2.75, 3.05) is 5.73 Å². The van der Waals surface area contributed by atoms with Crippen LogP contribution in [0.4, 0.5) is 17.1 Å². The molecule has 0 fully saturated rings. The summed E-state index contributed by atoms with van der Waals surface area (Å²) in [5, 5.41) is 9.64. The summed E-state index contributed by atoms with van der Waals surface area (Å²) in [6, 6.07) is 15.1. The van der Waals surface area contributed by atoms with Gasteiger partial charge in [-0.1, -0.05) is 29.8 Å². The Morgan fingerprint density at radius 3 is 2.33 bits per heavy atom. The number of hydrogen-bond acceptors (Lipinski definition) is 5. The molecule has 0 aliphatic heterocycles. The summed E-state index contributed by atoms with van der Waals surface area (Å²) >= 11 is 0. The molecule has 0 amide bonds. The molecule has 0 saturated heterocycles. The van der Waals surface area contributed by atoms with Crippen molar-refractivity contribution >= 4 is 38.0 Å². The van der Waals surface area contributed by atoms with E-state index in [4.69, 9.17) is 10.3 Å². The van der Waals surface area contributed by atoms with Crippen molar-refractivity contribution < 1.29 is 13.0 Å². The third kappa shape index (κ3) is 3.27.